The first-order valence-electron chi connectivity index (χ1n) is 4.72. The predicted octanol–water partition coefficient (Wildman–Crippen LogP) is 1.42. The predicted molar refractivity (Wildman–Crippen MR) is 64.5 cm³/mol. The Balaban J connectivity index is 2.58. The summed E-state index contributed by atoms with van der Waals surface area (Å²) in [4.78, 5) is 11.3. The SMILES string of the molecule is COS(=O)(=O)C(=O)N[C@@H]1CCCC[C@@H]1I. The normalized spacial score (nSPS) is 27.3. The Labute approximate surface area is 103 Å². The van der Waals surface area contributed by atoms with Crippen LogP contribution in [0.3, 0.4) is 0 Å². The molecule has 1 N–H and O–H groups in total. The molecule has 0 spiro atoms. The van der Waals surface area contributed by atoms with E-state index in [0.29, 0.717) is 3.92 Å². The van der Waals surface area contributed by atoms with Crippen molar-refractivity contribution in [2.45, 2.75) is 35.6 Å². The van der Waals surface area contributed by atoms with E-state index in [0.717, 1.165) is 32.8 Å². The van der Waals surface area contributed by atoms with E-state index in [4.69, 9.17) is 0 Å². The quantitative estimate of drug-likeness (QED) is 0.466. The Kier molecular flexibility index (Phi) is 4.78. The molecule has 0 aromatic carbocycles. The number of halogens is 1. The van der Waals surface area contributed by atoms with E-state index in [-0.39, 0.29) is 6.04 Å². The first-order chi connectivity index (χ1) is 6.97. The Morgan fingerprint density at radius 1 is 1.40 bits per heavy atom. The van der Waals surface area contributed by atoms with Crippen LogP contribution in [0.1, 0.15) is 25.7 Å². The largest absolute Gasteiger partial charge is 0.364 e. The smallest absolute Gasteiger partial charge is 0.337 e. The monoisotopic (exact) mass is 347 g/mol. The van der Waals surface area contributed by atoms with E-state index in [1.54, 1.807) is 0 Å². The van der Waals surface area contributed by atoms with E-state index in [1.165, 1.54) is 0 Å². The summed E-state index contributed by atoms with van der Waals surface area (Å²) in [5, 5.41) is 1.47. The molecule has 0 aromatic heterocycles. The topological polar surface area (TPSA) is 72.5 Å². The first kappa shape index (κ1) is 13.2. The molecule has 15 heavy (non-hydrogen) atoms. The van der Waals surface area contributed by atoms with Gasteiger partial charge in [-0.3, -0.25) is 8.98 Å². The second kappa shape index (κ2) is 5.44. The lowest BCUT2D eigenvalue weighted by atomic mass is 9.96. The van der Waals surface area contributed by atoms with Gasteiger partial charge in [-0.05, 0) is 12.8 Å². The van der Waals surface area contributed by atoms with Crippen molar-refractivity contribution < 1.29 is 17.4 Å². The van der Waals surface area contributed by atoms with Gasteiger partial charge in [-0.15, -0.1) is 0 Å². The van der Waals surface area contributed by atoms with Crippen LogP contribution in [-0.2, 0) is 14.3 Å². The Morgan fingerprint density at radius 3 is 2.53 bits per heavy atom. The third-order valence-electron chi connectivity index (χ3n) is 2.43. The molecule has 1 saturated carbocycles. The molecule has 5 nitrogen and oxygen atoms in total. The number of hydrogen-bond donors (Lipinski definition) is 1. The number of alkyl halides is 1. The molecule has 7 heteroatoms. The molecule has 1 rings (SSSR count). The van der Waals surface area contributed by atoms with Gasteiger partial charge in [0, 0.05) is 9.97 Å². The van der Waals surface area contributed by atoms with E-state index in [9.17, 15) is 13.2 Å². The summed E-state index contributed by atoms with van der Waals surface area (Å²) in [6.07, 6.45) is 4.01. The maximum atomic E-state index is 11.3. The van der Waals surface area contributed by atoms with Crippen LogP contribution in [-0.4, -0.2) is 30.7 Å². The van der Waals surface area contributed by atoms with Gasteiger partial charge in [-0.25, -0.2) is 0 Å². The molecule has 0 radical (unpaired) electrons. The number of rotatable bonds is 2. The molecular weight excluding hydrogens is 333 g/mol. The zero-order valence-corrected chi connectivity index (χ0v) is 11.4. The van der Waals surface area contributed by atoms with Crippen LogP contribution in [0.15, 0.2) is 0 Å². The standard InChI is InChI=1S/C8H14INO4S/c1-14-15(12,13)8(11)10-7-5-3-2-4-6(7)9/h6-7H,2-5H2,1H3,(H,10,11)/t6-,7+/m0/s1. The average molecular weight is 347 g/mol. The van der Waals surface area contributed by atoms with Crippen molar-refractivity contribution in [2.75, 3.05) is 7.11 Å². The van der Waals surface area contributed by atoms with Gasteiger partial charge in [-0.1, -0.05) is 35.4 Å². The van der Waals surface area contributed by atoms with E-state index in [1.807, 2.05) is 0 Å². The minimum absolute atomic E-state index is 0.0585. The van der Waals surface area contributed by atoms with Crippen LogP contribution in [0.5, 0.6) is 0 Å². The molecule has 0 heterocycles. The van der Waals surface area contributed by atoms with Gasteiger partial charge in [0.2, 0.25) is 0 Å². The Hall–Kier alpha value is 0.110. The fourth-order valence-electron chi connectivity index (χ4n) is 1.55. The lowest BCUT2D eigenvalue weighted by Crippen LogP contribution is -2.44. The number of carbonyl (C=O) groups is 1. The lowest BCUT2D eigenvalue weighted by Gasteiger charge is -2.27. The fraction of sp³-hybridized carbons (Fsp3) is 0.875. The van der Waals surface area contributed by atoms with E-state index >= 15 is 0 Å². The first-order valence-corrected chi connectivity index (χ1v) is 7.38. The average Bonchev–Trinajstić information content (AvgIpc) is 2.21. The van der Waals surface area contributed by atoms with Crippen LogP contribution >= 0.6 is 22.6 Å². The number of nitrogens with one attached hydrogen (secondary N) is 1. The van der Waals surface area contributed by atoms with Crippen molar-refractivity contribution in [1.82, 2.24) is 5.32 Å². The molecule has 0 bridgehead atoms. The Bertz CT molecular complexity index is 330. The van der Waals surface area contributed by atoms with Crippen molar-refractivity contribution in [3.63, 3.8) is 0 Å². The zero-order chi connectivity index (χ0) is 11.5. The molecule has 0 unspecified atom stereocenters. The highest BCUT2D eigenvalue weighted by atomic mass is 127. The fourth-order valence-corrected chi connectivity index (χ4v) is 2.97. The van der Waals surface area contributed by atoms with Gasteiger partial charge >= 0.3 is 15.4 Å². The molecule has 0 saturated heterocycles. The van der Waals surface area contributed by atoms with Gasteiger partial charge < -0.3 is 5.32 Å². The molecule has 0 aliphatic heterocycles. The van der Waals surface area contributed by atoms with Crippen LogP contribution in [0.4, 0.5) is 4.79 Å². The number of amides is 1. The summed E-state index contributed by atoms with van der Waals surface area (Å²) in [5.41, 5.74) is 0. The van der Waals surface area contributed by atoms with Crippen molar-refractivity contribution >= 4 is 37.9 Å². The minimum Gasteiger partial charge on any atom is -0.337 e. The molecule has 1 aliphatic rings. The second-order valence-electron chi connectivity index (χ2n) is 3.46. The summed E-state index contributed by atoms with van der Waals surface area (Å²) in [6.45, 7) is 0. The van der Waals surface area contributed by atoms with Crippen molar-refractivity contribution in [2.24, 2.45) is 0 Å². The maximum Gasteiger partial charge on any atom is 0.364 e. The lowest BCUT2D eigenvalue weighted by molar-refractivity contribution is 0.247. The summed E-state index contributed by atoms with van der Waals surface area (Å²) in [6, 6.07) is -0.0585. The van der Waals surface area contributed by atoms with Gasteiger partial charge in [0.15, 0.2) is 0 Å². The van der Waals surface area contributed by atoms with Crippen molar-refractivity contribution in [3.05, 3.63) is 0 Å². The van der Waals surface area contributed by atoms with E-state index < -0.39 is 15.4 Å². The third-order valence-corrected chi connectivity index (χ3v) is 4.93. The van der Waals surface area contributed by atoms with Crippen molar-refractivity contribution in [3.8, 4) is 0 Å². The summed E-state index contributed by atoms with van der Waals surface area (Å²) < 4.78 is 26.5. The molecule has 1 amide bonds. The number of hydrogen-bond acceptors (Lipinski definition) is 4. The van der Waals surface area contributed by atoms with Crippen molar-refractivity contribution in [1.29, 1.82) is 0 Å². The van der Waals surface area contributed by atoms with Gasteiger partial charge in [0.25, 0.3) is 0 Å². The molecular formula is C8H14INO4S. The van der Waals surface area contributed by atoms with E-state index in [2.05, 4.69) is 32.1 Å². The summed E-state index contributed by atoms with van der Waals surface area (Å²) in [7, 11) is -3.09. The highest BCUT2D eigenvalue weighted by Gasteiger charge is 2.29. The maximum absolute atomic E-state index is 11.3. The highest BCUT2D eigenvalue weighted by molar-refractivity contribution is 14.1. The van der Waals surface area contributed by atoms with Gasteiger partial charge in [0.1, 0.15) is 0 Å². The highest BCUT2D eigenvalue weighted by Crippen LogP contribution is 2.25. The molecule has 1 aliphatic carbocycles. The summed E-state index contributed by atoms with van der Waals surface area (Å²) >= 11 is 2.24. The van der Waals surface area contributed by atoms with Crippen LogP contribution < -0.4 is 5.32 Å². The Morgan fingerprint density at radius 2 is 2.00 bits per heavy atom. The van der Waals surface area contributed by atoms with Crippen LogP contribution in [0.25, 0.3) is 0 Å². The van der Waals surface area contributed by atoms with Gasteiger partial charge in [0.05, 0.1) is 7.11 Å². The second-order valence-corrected chi connectivity index (χ2v) is 6.67. The summed E-state index contributed by atoms with van der Waals surface area (Å²) in [5.74, 6) is 0. The molecule has 1 fully saturated rings. The van der Waals surface area contributed by atoms with Crippen LogP contribution in [0.2, 0.25) is 0 Å². The molecule has 88 valence electrons. The zero-order valence-electron chi connectivity index (χ0n) is 8.40. The van der Waals surface area contributed by atoms with Gasteiger partial charge in [-0.2, -0.15) is 8.42 Å². The van der Waals surface area contributed by atoms with Crippen LogP contribution in [0, 0.1) is 0 Å². The molecule has 0 aromatic rings. The minimum atomic E-state index is -4.07. The molecule has 2 atom stereocenters. The number of carbonyl (C=O) groups excluding carboxylic acids is 1. The third kappa shape index (κ3) is 3.56.